The summed E-state index contributed by atoms with van der Waals surface area (Å²) in [6.07, 6.45) is 6.37. The van der Waals surface area contributed by atoms with Crippen molar-refractivity contribution < 1.29 is 14.7 Å². The molecule has 120 valence electrons. The van der Waals surface area contributed by atoms with Crippen molar-refractivity contribution in [3.63, 3.8) is 0 Å². The molecule has 4 nitrogen and oxygen atoms in total. The largest absolute Gasteiger partial charge is 0.481 e. The normalized spacial score (nSPS) is 16.8. The average Bonchev–Trinajstić information content (AvgIpc) is 2.50. The first-order chi connectivity index (χ1) is 10.6. The summed E-state index contributed by atoms with van der Waals surface area (Å²) in [5.74, 6) is -0.175. The number of nitrogens with one attached hydrogen (secondary N) is 1. The van der Waals surface area contributed by atoms with Gasteiger partial charge < -0.3 is 10.4 Å². The highest BCUT2D eigenvalue weighted by molar-refractivity contribution is 5.76. The summed E-state index contributed by atoms with van der Waals surface area (Å²) in [5.41, 5.74) is 2.82. The first-order valence-electron chi connectivity index (χ1n) is 8.20. The maximum Gasteiger partial charge on any atom is 0.303 e. The predicted octanol–water partition coefficient (Wildman–Crippen LogP) is 2.94. The Morgan fingerprint density at radius 3 is 2.68 bits per heavy atom. The van der Waals surface area contributed by atoms with E-state index >= 15 is 0 Å². The van der Waals surface area contributed by atoms with Gasteiger partial charge in [-0.15, -0.1) is 0 Å². The molecule has 2 rings (SSSR count). The number of hydrogen-bond acceptors (Lipinski definition) is 2. The molecule has 1 aromatic carbocycles. The van der Waals surface area contributed by atoms with Crippen LogP contribution >= 0.6 is 0 Å². The number of carboxylic acids is 1. The molecule has 0 fully saturated rings. The minimum Gasteiger partial charge on any atom is -0.481 e. The van der Waals surface area contributed by atoms with Crippen LogP contribution in [0.3, 0.4) is 0 Å². The van der Waals surface area contributed by atoms with Crippen LogP contribution in [0.2, 0.25) is 0 Å². The number of aryl methyl sites for hydroxylation is 1. The van der Waals surface area contributed by atoms with Gasteiger partial charge >= 0.3 is 5.97 Å². The van der Waals surface area contributed by atoms with E-state index in [9.17, 15) is 9.59 Å². The molecular formula is C18H25NO3. The van der Waals surface area contributed by atoms with Gasteiger partial charge in [-0.25, -0.2) is 0 Å². The smallest absolute Gasteiger partial charge is 0.303 e. The quantitative estimate of drug-likeness (QED) is 0.726. The Morgan fingerprint density at radius 2 is 1.91 bits per heavy atom. The number of carbonyl (C=O) groups excluding carboxylic acids is 1. The van der Waals surface area contributed by atoms with E-state index in [1.165, 1.54) is 11.1 Å². The Bertz CT molecular complexity index is 513. The number of hydrogen-bond donors (Lipinski definition) is 2. The van der Waals surface area contributed by atoms with Gasteiger partial charge in [-0.3, -0.25) is 9.59 Å². The van der Waals surface area contributed by atoms with Gasteiger partial charge in [0.25, 0.3) is 0 Å². The summed E-state index contributed by atoms with van der Waals surface area (Å²) >= 11 is 0. The lowest BCUT2D eigenvalue weighted by atomic mass is 9.82. The standard InChI is InChI=1S/C18H25NO3/c20-17(19-11-5-1-2-8-18(21)22)13-14-9-10-15-6-3-4-7-16(15)12-14/h3-4,6-7,14H,1-2,5,8-13H2,(H,19,20)(H,21,22). The molecule has 22 heavy (non-hydrogen) atoms. The van der Waals surface area contributed by atoms with Crippen molar-refractivity contribution in [3.05, 3.63) is 35.4 Å². The number of amides is 1. The SMILES string of the molecule is O=C(O)CCCCCNC(=O)CC1CCc2ccccc2C1. The van der Waals surface area contributed by atoms with E-state index < -0.39 is 5.97 Å². The van der Waals surface area contributed by atoms with Gasteiger partial charge in [-0.2, -0.15) is 0 Å². The zero-order valence-electron chi connectivity index (χ0n) is 13.0. The number of aliphatic carboxylic acids is 1. The van der Waals surface area contributed by atoms with E-state index in [0.29, 0.717) is 25.3 Å². The Hall–Kier alpha value is -1.84. The van der Waals surface area contributed by atoms with Crippen LogP contribution in [0, 0.1) is 5.92 Å². The third-order valence-corrected chi connectivity index (χ3v) is 4.31. The predicted molar refractivity (Wildman–Crippen MR) is 85.7 cm³/mol. The van der Waals surface area contributed by atoms with E-state index in [1.807, 2.05) is 0 Å². The van der Waals surface area contributed by atoms with Crippen LogP contribution in [0.25, 0.3) is 0 Å². The molecule has 1 atom stereocenters. The second-order valence-corrected chi connectivity index (χ2v) is 6.14. The number of carboxylic acid groups (broad SMARTS) is 1. The van der Waals surface area contributed by atoms with Crippen molar-refractivity contribution in [1.29, 1.82) is 0 Å². The highest BCUT2D eigenvalue weighted by Crippen LogP contribution is 2.27. The van der Waals surface area contributed by atoms with Crippen LogP contribution in [-0.2, 0) is 22.4 Å². The summed E-state index contributed by atoms with van der Waals surface area (Å²) in [6, 6.07) is 8.50. The van der Waals surface area contributed by atoms with Crippen LogP contribution in [-0.4, -0.2) is 23.5 Å². The fourth-order valence-electron chi connectivity index (χ4n) is 3.09. The van der Waals surface area contributed by atoms with Crippen molar-refractivity contribution in [1.82, 2.24) is 5.32 Å². The topological polar surface area (TPSA) is 66.4 Å². The lowest BCUT2D eigenvalue weighted by Crippen LogP contribution is -2.28. The van der Waals surface area contributed by atoms with Crippen molar-refractivity contribution in [2.24, 2.45) is 5.92 Å². The summed E-state index contributed by atoms with van der Waals surface area (Å²) in [7, 11) is 0. The summed E-state index contributed by atoms with van der Waals surface area (Å²) in [4.78, 5) is 22.3. The zero-order chi connectivity index (χ0) is 15.8. The highest BCUT2D eigenvalue weighted by atomic mass is 16.4. The van der Waals surface area contributed by atoms with Crippen molar-refractivity contribution in [2.45, 2.75) is 51.4 Å². The van der Waals surface area contributed by atoms with Gasteiger partial charge in [0.05, 0.1) is 0 Å². The Balaban J connectivity index is 1.61. The van der Waals surface area contributed by atoms with Crippen molar-refractivity contribution >= 4 is 11.9 Å². The Labute approximate surface area is 131 Å². The van der Waals surface area contributed by atoms with Crippen molar-refractivity contribution in [3.8, 4) is 0 Å². The molecule has 0 radical (unpaired) electrons. The number of rotatable bonds is 8. The first-order valence-corrected chi connectivity index (χ1v) is 8.20. The molecule has 1 unspecified atom stereocenters. The monoisotopic (exact) mass is 303 g/mol. The number of benzene rings is 1. The molecule has 2 N–H and O–H groups in total. The fourth-order valence-corrected chi connectivity index (χ4v) is 3.09. The van der Waals surface area contributed by atoms with Crippen LogP contribution in [0.5, 0.6) is 0 Å². The molecule has 0 aliphatic heterocycles. The van der Waals surface area contributed by atoms with E-state index in [2.05, 4.69) is 29.6 Å². The molecule has 1 aromatic rings. The van der Waals surface area contributed by atoms with Crippen LogP contribution in [0.15, 0.2) is 24.3 Å². The summed E-state index contributed by atoms with van der Waals surface area (Å²) < 4.78 is 0. The fraction of sp³-hybridized carbons (Fsp3) is 0.556. The zero-order valence-corrected chi connectivity index (χ0v) is 13.0. The molecule has 0 aromatic heterocycles. The second kappa shape index (κ2) is 8.57. The molecule has 0 spiro atoms. The molecular weight excluding hydrogens is 278 g/mol. The molecule has 4 heteroatoms. The Morgan fingerprint density at radius 1 is 1.14 bits per heavy atom. The minimum absolute atomic E-state index is 0.127. The van der Waals surface area contributed by atoms with Crippen LogP contribution < -0.4 is 5.32 Å². The molecule has 1 amide bonds. The van der Waals surface area contributed by atoms with Crippen LogP contribution in [0.1, 0.15) is 49.7 Å². The Kier molecular flexibility index (Phi) is 6.44. The van der Waals surface area contributed by atoms with Gasteiger partial charge in [-0.1, -0.05) is 30.7 Å². The van der Waals surface area contributed by atoms with Gasteiger partial charge in [0.1, 0.15) is 0 Å². The molecule has 1 aliphatic rings. The summed E-state index contributed by atoms with van der Waals surface area (Å²) in [6.45, 7) is 0.655. The number of fused-ring (bicyclic) bond motifs is 1. The van der Waals surface area contributed by atoms with Gasteiger partial charge in [0.15, 0.2) is 0 Å². The van der Waals surface area contributed by atoms with E-state index in [0.717, 1.165) is 32.1 Å². The molecule has 0 saturated carbocycles. The maximum absolute atomic E-state index is 12.0. The second-order valence-electron chi connectivity index (χ2n) is 6.14. The van der Waals surface area contributed by atoms with Crippen LogP contribution in [0.4, 0.5) is 0 Å². The molecule has 0 saturated heterocycles. The lowest BCUT2D eigenvalue weighted by molar-refractivity contribution is -0.137. The summed E-state index contributed by atoms with van der Waals surface area (Å²) in [5, 5.41) is 11.5. The van der Waals surface area contributed by atoms with Gasteiger partial charge in [0.2, 0.25) is 5.91 Å². The number of unbranched alkanes of at least 4 members (excludes halogenated alkanes) is 2. The first kappa shape index (κ1) is 16.5. The third-order valence-electron chi connectivity index (χ3n) is 4.31. The van der Waals surface area contributed by atoms with Gasteiger partial charge in [-0.05, 0) is 49.1 Å². The molecule has 0 bridgehead atoms. The van der Waals surface area contributed by atoms with Crippen molar-refractivity contribution in [2.75, 3.05) is 6.54 Å². The minimum atomic E-state index is -0.749. The van der Waals surface area contributed by atoms with Gasteiger partial charge in [0, 0.05) is 19.4 Å². The average molecular weight is 303 g/mol. The van der Waals surface area contributed by atoms with E-state index in [4.69, 9.17) is 5.11 Å². The molecule has 1 aliphatic carbocycles. The third kappa shape index (κ3) is 5.51. The van der Waals surface area contributed by atoms with E-state index in [-0.39, 0.29) is 12.3 Å². The highest BCUT2D eigenvalue weighted by Gasteiger charge is 2.20. The lowest BCUT2D eigenvalue weighted by Gasteiger charge is -2.24. The molecule has 0 heterocycles. The number of carbonyl (C=O) groups is 2. The maximum atomic E-state index is 12.0. The van der Waals surface area contributed by atoms with E-state index in [1.54, 1.807) is 0 Å².